The van der Waals surface area contributed by atoms with Crippen molar-refractivity contribution in [3.63, 3.8) is 0 Å². The minimum atomic E-state index is -0.287. The molecule has 1 unspecified atom stereocenters. The first-order valence-corrected chi connectivity index (χ1v) is 6.94. The third kappa shape index (κ3) is 4.03. The predicted octanol–water partition coefficient (Wildman–Crippen LogP) is 0.156. The van der Waals surface area contributed by atoms with Crippen LogP contribution >= 0.6 is 0 Å². The summed E-state index contributed by atoms with van der Waals surface area (Å²) in [5, 5.41) is 12.0. The van der Waals surface area contributed by atoms with Gasteiger partial charge >= 0.3 is 0 Å². The van der Waals surface area contributed by atoms with E-state index in [1.54, 1.807) is 17.0 Å². The van der Waals surface area contributed by atoms with Crippen molar-refractivity contribution in [1.29, 1.82) is 0 Å². The molecule has 114 valence electrons. The van der Waals surface area contributed by atoms with E-state index in [0.29, 0.717) is 31.9 Å². The van der Waals surface area contributed by atoms with Crippen LogP contribution in [-0.2, 0) is 16.1 Å². The molecule has 2 rings (SSSR count). The van der Waals surface area contributed by atoms with Crippen molar-refractivity contribution >= 4 is 11.8 Å². The van der Waals surface area contributed by atoms with Crippen molar-refractivity contribution in [1.82, 2.24) is 10.2 Å². The third-order valence-corrected chi connectivity index (χ3v) is 3.44. The molecule has 0 radical (unpaired) electrons. The van der Waals surface area contributed by atoms with Crippen LogP contribution in [0.25, 0.3) is 0 Å². The standard InChI is InChI=1S/C15H20N2O4/c1-11(19)16-8-12-2-4-13(5-3-12)15(20)17-6-7-21-10-14(17)9-18/h2-5,14,18H,6-10H2,1H3,(H,16,19). The number of aliphatic hydroxyl groups is 1. The molecule has 1 saturated heterocycles. The summed E-state index contributed by atoms with van der Waals surface area (Å²) < 4.78 is 5.27. The highest BCUT2D eigenvalue weighted by Crippen LogP contribution is 2.13. The first-order valence-electron chi connectivity index (χ1n) is 6.94. The minimum Gasteiger partial charge on any atom is -0.394 e. The van der Waals surface area contributed by atoms with Crippen molar-refractivity contribution in [2.24, 2.45) is 0 Å². The van der Waals surface area contributed by atoms with E-state index in [4.69, 9.17) is 4.74 Å². The summed E-state index contributed by atoms with van der Waals surface area (Å²) in [5.41, 5.74) is 1.50. The van der Waals surface area contributed by atoms with Crippen LogP contribution in [0.1, 0.15) is 22.8 Å². The summed E-state index contributed by atoms with van der Waals surface area (Å²) in [5.74, 6) is -0.197. The average Bonchev–Trinajstić information content (AvgIpc) is 2.52. The van der Waals surface area contributed by atoms with Gasteiger partial charge in [0.05, 0.1) is 25.9 Å². The summed E-state index contributed by atoms with van der Waals surface area (Å²) in [7, 11) is 0. The van der Waals surface area contributed by atoms with E-state index in [2.05, 4.69) is 5.32 Å². The Morgan fingerprint density at radius 1 is 1.38 bits per heavy atom. The van der Waals surface area contributed by atoms with Gasteiger partial charge in [-0.15, -0.1) is 0 Å². The van der Waals surface area contributed by atoms with Gasteiger partial charge < -0.3 is 20.1 Å². The van der Waals surface area contributed by atoms with Crippen molar-refractivity contribution < 1.29 is 19.4 Å². The second-order valence-corrected chi connectivity index (χ2v) is 5.02. The van der Waals surface area contributed by atoms with Gasteiger partial charge in [0, 0.05) is 25.6 Å². The van der Waals surface area contributed by atoms with E-state index < -0.39 is 0 Å². The molecular formula is C15H20N2O4. The molecule has 0 bridgehead atoms. The highest BCUT2D eigenvalue weighted by molar-refractivity contribution is 5.94. The molecular weight excluding hydrogens is 272 g/mol. The SMILES string of the molecule is CC(=O)NCc1ccc(C(=O)N2CCOCC2CO)cc1. The molecule has 1 atom stereocenters. The highest BCUT2D eigenvalue weighted by Gasteiger charge is 2.27. The lowest BCUT2D eigenvalue weighted by Crippen LogP contribution is -2.50. The first-order chi connectivity index (χ1) is 10.1. The van der Waals surface area contributed by atoms with Gasteiger partial charge in [-0.1, -0.05) is 12.1 Å². The van der Waals surface area contributed by atoms with E-state index >= 15 is 0 Å². The zero-order chi connectivity index (χ0) is 15.2. The van der Waals surface area contributed by atoms with Gasteiger partial charge in [-0.25, -0.2) is 0 Å². The van der Waals surface area contributed by atoms with Crippen LogP contribution in [0.3, 0.4) is 0 Å². The van der Waals surface area contributed by atoms with Crippen molar-refractivity contribution in [3.05, 3.63) is 35.4 Å². The van der Waals surface area contributed by atoms with Crippen LogP contribution in [0.15, 0.2) is 24.3 Å². The molecule has 21 heavy (non-hydrogen) atoms. The lowest BCUT2D eigenvalue weighted by molar-refractivity contribution is -0.119. The van der Waals surface area contributed by atoms with Gasteiger partial charge in [0.1, 0.15) is 0 Å². The quantitative estimate of drug-likeness (QED) is 0.828. The van der Waals surface area contributed by atoms with Gasteiger partial charge in [-0.3, -0.25) is 9.59 Å². The number of amides is 2. The summed E-state index contributed by atoms with van der Waals surface area (Å²) in [6.07, 6.45) is 0. The van der Waals surface area contributed by atoms with E-state index in [-0.39, 0.29) is 24.5 Å². The Balaban J connectivity index is 2.03. The molecule has 2 amide bonds. The van der Waals surface area contributed by atoms with Gasteiger partial charge in [-0.2, -0.15) is 0 Å². The van der Waals surface area contributed by atoms with E-state index in [9.17, 15) is 14.7 Å². The molecule has 6 nitrogen and oxygen atoms in total. The van der Waals surface area contributed by atoms with Gasteiger partial charge in [0.15, 0.2) is 0 Å². The average molecular weight is 292 g/mol. The Kier molecular flexibility index (Phi) is 5.30. The van der Waals surface area contributed by atoms with Crippen LogP contribution in [0, 0.1) is 0 Å². The number of benzene rings is 1. The van der Waals surface area contributed by atoms with Crippen LogP contribution < -0.4 is 5.32 Å². The Morgan fingerprint density at radius 3 is 2.71 bits per heavy atom. The number of hydrogen-bond donors (Lipinski definition) is 2. The topological polar surface area (TPSA) is 78.9 Å². The molecule has 1 fully saturated rings. The number of rotatable bonds is 4. The maximum atomic E-state index is 12.4. The fourth-order valence-corrected chi connectivity index (χ4v) is 2.23. The Labute approximate surface area is 123 Å². The van der Waals surface area contributed by atoms with Crippen molar-refractivity contribution in [2.45, 2.75) is 19.5 Å². The van der Waals surface area contributed by atoms with Crippen molar-refractivity contribution in [2.75, 3.05) is 26.4 Å². The summed E-state index contributed by atoms with van der Waals surface area (Å²) in [4.78, 5) is 24.9. The molecule has 0 spiro atoms. The maximum absolute atomic E-state index is 12.4. The van der Waals surface area contributed by atoms with E-state index in [0.717, 1.165) is 5.56 Å². The molecule has 0 aromatic heterocycles. The second-order valence-electron chi connectivity index (χ2n) is 5.02. The normalized spacial score (nSPS) is 18.4. The van der Waals surface area contributed by atoms with E-state index in [1.807, 2.05) is 12.1 Å². The molecule has 1 aromatic rings. The second kappa shape index (κ2) is 7.19. The zero-order valence-corrected chi connectivity index (χ0v) is 12.0. The lowest BCUT2D eigenvalue weighted by Gasteiger charge is -2.34. The molecule has 1 aliphatic heterocycles. The monoisotopic (exact) mass is 292 g/mol. The molecule has 6 heteroatoms. The van der Waals surface area contributed by atoms with Crippen LogP contribution in [-0.4, -0.2) is 54.2 Å². The number of morpholine rings is 1. The smallest absolute Gasteiger partial charge is 0.254 e. The Morgan fingerprint density at radius 2 is 2.10 bits per heavy atom. The molecule has 1 aromatic carbocycles. The fraction of sp³-hybridized carbons (Fsp3) is 0.467. The molecule has 1 aliphatic rings. The number of nitrogens with zero attached hydrogens (tertiary/aromatic N) is 1. The first kappa shape index (κ1) is 15.5. The molecule has 2 N–H and O–H groups in total. The van der Waals surface area contributed by atoms with Crippen LogP contribution in [0.5, 0.6) is 0 Å². The maximum Gasteiger partial charge on any atom is 0.254 e. The largest absolute Gasteiger partial charge is 0.394 e. The third-order valence-electron chi connectivity index (χ3n) is 3.44. The summed E-state index contributed by atoms with van der Waals surface area (Å²) in [6, 6.07) is 6.83. The predicted molar refractivity (Wildman–Crippen MR) is 76.7 cm³/mol. The van der Waals surface area contributed by atoms with Gasteiger partial charge in [-0.05, 0) is 17.7 Å². The fourth-order valence-electron chi connectivity index (χ4n) is 2.23. The number of carbonyl (C=O) groups is 2. The van der Waals surface area contributed by atoms with Crippen molar-refractivity contribution in [3.8, 4) is 0 Å². The Bertz CT molecular complexity index is 501. The van der Waals surface area contributed by atoms with Crippen LogP contribution in [0.4, 0.5) is 0 Å². The zero-order valence-electron chi connectivity index (χ0n) is 12.0. The summed E-state index contributed by atoms with van der Waals surface area (Å²) >= 11 is 0. The van der Waals surface area contributed by atoms with Gasteiger partial charge in [0.2, 0.25) is 5.91 Å². The van der Waals surface area contributed by atoms with E-state index in [1.165, 1.54) is 6.92 Å². The van der Waals surface area contributed by atoms with Crippen LogP contribution in [0.2, 0.25) is 0 Å². The highest BCUT2D eigenvalue weighted by atomic mass is 16.5. The molecule has 1 heterocycles. The number of aliphatic hydroxyl groups excluding tert-OH is 1. The Hall–Kier alpha value is -1.92. The number of hydrogen-bond acceptors (Lipinski definition) is 4. The lowest BCUT2D eigenvalue weighted by atomic mass is 10.1. The molecule has 0 saturated carbocycles. The van der Waals surface area contributed by atoms with Gasteiger partial charge in [0.25, 0.3) is 5.91 Å². The molecule has 0 aliphatic carbocycles. The number of nitrogens with one attached hydrogen (secondary N) is 1. The number of ether oxygens (including phenoxy) is 1. The summed E-state index contributed by atoms with van der Waals surface area (Å²) in [6.45, 7) is 3.14. The number of carbonyl (C=O) groups excluding carboxylic acids is 2. The minimum absolute atomic E-state index is 0.0887.